The Labute approximate surface area is 123 Å². The molecule has 108 valence electrons. The van der Waals surface area contributed by atoms with Gasteiger partial charge in [0.1, 0.15) is 5.82 Å². The molecule has 5 heteroatoms. The summed E-state index contributed by atoms with van der Waals surface area (Å²) in [6, 6.07) is 6.65. The molecule has 0 amide bonds. The van der Waals surface area contributed by atoms with Gasteiger partial charge in [-0.2, -0.15) is 5.10 Å². The first-order valence-electron chi connectivity index (χ1n) is 6.69. The summed E-state index contributed by atoms with van der Waals surface area (Å²) in [6.07, 6.45) is 1.67. The third-order valence-corrected chi connectivity index (χ3v) is 3.82. The molecule has 2 rings (SSSR count). The second-order valence-electron chi connectivity index (χ2n) is 4.82. The van der Waals surface area contributed by atoms with Crippen LogP contribution in [0.25, 0.3) is 0 Å². The van der Waals surface area contributed by atoms with Crippen LogP contribution in [-0.4, -0.2) is 16.8 Å². The van der Waals surface area contributed by atoms with Gasteiger partial charge in [-0.1, -0.05) is 24.6 Å². The second-order valence-corrected chi connectivity index (χ2v) is 5.22. The summed E-state index contributed by atoms with van der Waals surface area (Å²) in [5, 5.41) is 8.12. The van der Waals surface area contributed by atoms with E-state index in [1.54, 1.807) is 6.07 Å². The van der Waals surface area contributed by atoms with E-state index in [0.717, 1.165) is 29.8 Å². The van der Waals surface area contributed by atoms with E-state index in [2.05, 4.69) is 23.4 Å². The van der Waals surface area contributed by atoms with Gasteiger partial charge in [-0.15, -0.1) is 0 Å². The largest absolute Gasteiger partial charge is 0.313 e. The van der Waals surface area contributed by atoms with Crippen LogP contribution in [0.15, 0.2) is 24.3 Å². The second kappa shape index (κ2) is 6.37. The van der Waals surface area contributed by atoms with Gasteiger partial charge in [0.25, 0.3) is 0 Å². The minimum absolute atomic E-state index is 0.0307. The first-order chi connectivity index (χ1) is 9.55. The minimum atomic E-state index is -0.317. The molecule has 0 saturated carbocycles. The van der Waals surface area contributed by atoms with Gasteiger partial charge in [0.2, 0.25) is 0 Å². The molecule has 0 aliphatic heterocycles. The molecule has 0 aliphatic carbocycles. The Bertz CT molecular complexity index is 595. The number of rotatable bonds is 5. The molecule has 0 bridgehead atoms. The van der Waals surface area contributed by atoms with E-state index < -0.39 is 0 Å². The Kier molecular flexibility index (Phi) is 4.78. The number of aryl methyl sites for hydroxylation is 2. The summed E-state index contributed by atoms with van der Waals surface area (Å²) in [4.78, 5) is 0. The number of aromatic nitrogens is 2. The predicted molar refractivity (Wildman–Crippen MR) is 79.5 cm³/mol. The molecule has 0 aliphatic rings. The molecule has 1 N–H and O–H groups in total. The number of hydrogen-bond acceptors (Lipinski definition) is 2. The fourth-order valence-electron chi connectivity index (χ4n) is 2.30. The van der Waals surface area contributed by atoms with E-state index in [0.29, 0.717) is 5.02 Å². The van der Waals surface area contributed by atoms with Gasteiger partial charge in [0, 0.05) is 30.2 Å². The molecule has 0 saturated heterocycles. The summed E-state index contributed by atoms with van der Waals surface area (Å²) in [5.41, 5.74) is 3.10. The summed E-state index contributed by atoms with van der Waals surface area (Å²) < 4.78 is 15.0. The Morgan fingerprint density at radius 1 is 1.40 bits per heavy atom. The molecule has 1 aromatic carbocycles. The van der Waals surface area contributed by atoms with Gasteiger partial charge < -0.3 is 5.32 Å². The van der Waals surface area contributed by atoms with Crippen molar-refractivity contribution in [3.8, 4) is 0 Å². The highest BCUT2D eigenvalue weighted by Crippen LogP contribution is 2.26. The van der Waals surface area contributed by atoms with Crippen LogP contribution in [-0.2, 0) is 19.9 Å². The number of nitrogens with zero attached hydrogens (tertiary/aromatic N) is 2. The van der Waals surface area contributed by atoms with Gasteiger partial charge in [-0.05, 0) is 37.2 Å². The SMILES string of the molecule is CCc1cc(CC(NC)c2ccc(F)cc2Cl)n(C)n1. The Morgan fingerprint density at radius 2 is 2.15 bits per heavy atom. The zero-order valence-corrected chi connectivity index (χ0v) is 12.7. The van der Waals surface area contributed by atoms with E-state index in [1.807, 2.05) is 18.8 Å². The molecule has 20 heavy (non-hydrogen) atoms. The van der Waals surface area contributed by atoms with Crippen LogP contribution in [0.1, 0.15) is 29.9 Å². The highest BCUT2D eigenvalue weighted by molar-refractivity contribution is 6.31. The van der Waals surface area contributed by atoms with Gasteiger partial charge in [-0.3, -0.25) is 4.68 Å². The highest BCUT2D eigenvalue weighted by Gasteiger charge is 2.16. The maximum absolute atomic E-state index is 13.1. The zero-order valence-electron chi connectivity index (χ0n) is 12.0. The monoisotopic (exact) mass is 295 g/mol. The summed E-state index contributed by atoms with van der Waals surface area (Å²) in [5.74, 6) is -0.317. The molecule has 1 heterocycles. The average molecular weight is 296 g/mol. The van der Waals surface area contributed by atoms with Gasteiger partial charge >= 0.3 is 0 Å². The maximum atomic E-state index is 13.1. The first-order valence-corrected chi connectivity index (χ1v) is 7.07. The van der Waals surface area contributed by atoms with Crippen molar-refractivity contribution in [2.45, 2.75) is 25.8 Å². The molecule has 1 aromatic heterocycles. The number of nitrogens with one attached hydrogen (secondary N) is 1. The Hall–Kier alpha value is -1.39. The van der Waals surface area contributed by atoms with Crippen LogP contribution in [0, 0.1) is 5.82 Å². The molecule has 1 unspecified atom stereocenters. The smallest absolute Gasteiger partial charge is 0.124 e. The molecule has 3 nitrogen and oxygen atoms in total. The van der Waals surface area contributed by atoms with Crippen LogP contribution < -0.4 is 5.32 Å². The van der Waals surface area contributed by atoms with E-state index in [-0.39, 0.29) is 11.9 Å². The van der Waals surface area contributed by atoms with E-state index in [1.165, 1.54) is 12.1 Å². The van der Waals surface area contributed by atoms with Crippen molar-refractivity contribution < 1.29 is 4.39 Å². The average Bonchev–Trinajstić information content (AvgIpc) is 2.77. The van der Waals surface area contributed by atoms with Crippen molar-refractivity contribution in [2.24, 2.45) is 7.05 Å². The Balaban J connectivity index is 2.26. The van der Waals surface area contributed by atoms with Crippen molar-refractivity contribution in [1.29, 1.82) is 0 Å². The number of hydrogen-bond donors (Lipinski definition) is 1. The topological polar surface area (TPSA) is 29.9 Å². The molecule has 2 aromatic rings. The third-order valence-electron chi connectivity index (χ3n) is 3.49. The van der Waals surface area contributed by atoms with Crippen molar-refractivity contribution in [3.05, 3.63) is 52.1 Å². The maximum Gasteiger partial charge on any atom is 0.124 e. The molecule has 0 radical (unpaired) electrons. The summed E-state index contributed by atoms with van der Waals surface area (Å²) in [6.45, 7) is 2.08. The van der Waals surface area contributed by atoms with Crippen LogP contribution in [0.4, 0.5) is 4.39 Å². The lowest BCUT2D eigenvalue weighted by atomic mass is 10.0. The van der Waals surface area contributed by atoms with Crippen LogP contribution in [0.2, 0.25) is 5.02 Å². The quantitative estimate of drug-likeness (QED) is 0.917. The fourth-order valence-corrected chi connectivity index (χ4v) is 2.60. The van der Waals surface area contributed by atoms with Crippen LogP contribution >= 0.6 is 11.6 Å². The summed E-state index contributed by atoms with van der Waals surface area (Å²) >= 11 is 6.14. The molecular formula is C15H19ClFN3. The molecular weight excluding hydrogens is 277 g/mol. The van der Waals surface area contributed by atoms with Gasteiger partial charge in [0.05, 0.1) is 5.69 Å². The lowest BCUT2D eigenvalue weighted by Gasteiger charge is -2.18. The summed E-state index contributed by atoms with van der Waals surface area (Å²) in [7, 11) is 3.81. The van der Waals surface area contributed by atoms with E-state index in [4.69, 9.17) is 11.6 Å². The van der Waals surface area contributed by atoms with Crippen molar-refractivity contribution in [2.75, 3.05) is 7.05 Å². The highest BCUT2D eigenvalue weighted by atomic mass is 35.5. The molecule has 1 atom stereocenters. The van der Waals surface area contributed by atoms with E-state index >= 15 is 0 Å². The van der Waals surface area contributed by atoms with Gasteiger partial charge in [0.15, 0.2) is 0 Å². The van der Waals surface area contributed by atoms with Crippen LogP contribution in [0.3, 0.4) is 0 Å². The molecule has 0 spiro atoms. The normalized spacial score (nSPS) is 12.7. The lowest BCUT2D eigenvalue weighted by molar-refractivity contribution is 0.558. The predicted octanol–water partition coefficient (Wildman–Crippen LogP) is 3.28. The van der Waals surface area contributed by atoms with E-state index in [9.17, 15) is 4.39 Å². The minimum Gasteiger partial charge on any atom is -0.313 e. The number of likely N-dealkylation sites (N-methyl/N-ethyl adjacent to an activating group) is 1. The lowest BCUT2D eigenvalue weighted by Crippen LogP contribution is -2.20. The zero-order chi connectivity index (χ0) is 14.7. The van der Waals surface area contributed by atoms with Crippen molar-refractivity contribution in [1.82, 2.24) is 15.1 Å². The Morgan fingerprint density at radius 3 is 2.70 bits per heavy atom. The van der Waals surface area contributed by atoms with Crippen LogP contribution in [0.5, 0.6) is 0 Å². The first kappa shape index (κ1) is 15.0. The standard InChI is InChI=1S/C15H19ClFN3/c1-4-11-8-12(20(3)19-11)9-15(18-2)13-6-5-10(17)7-14(13)16/h5-8,15,18H,4,9H2,1-3H3. The molecule has 0 fully saturated rings. The number of benzene rings is 1. The number of halogens is 2. The van der Waals surface area contributed by atoms with Crippen molar-refractivity contribution in [3.63, 3.8) is 0 Å². The fraction of sp³-hybridized carbons (Fsp3) is 0.400. The third kappa shape index (κ3) is 3.19. The van der Waals surface area contributed by atoms with Crippen molar-refractivity contribution >= 4 is 11.6 Å². The van der Waals surface area contributed by atoms with Gasteiger partial charge in [-0.25, -0.2) is 4.39 Å².